The number of allylic oxidation sites excluding steroid dienone is 1. The van der Waals surface area contributed by atoms with Crippen molar-refractivity contribution in [2.45, 2.75) is 12.8 Å². The number of para-hydroxylation sites is 2. The monoisotopic (exact) mass is 664 g/mol. The third kappa shape index (κ3) is 4.44. The lowest BCUT2D eigenvalue weighted by Gasteiger charge is -2.18. The first kappa shape index (κ1) is 29.1. The minimum atomic E-state index is 0.913. The van der Waals surface area contributed by atoms with Gasteiger partial charge in [-0.2, -0.15) is 0 Å². The first-order valence-electron chi connectivity index (χ1n) is 18.1. The third-order valence-electron chi connectivity index (χ3n) is 11.0. The highest BCUT2D eigenvalue weighted by Crippen LogP contribution is 2.45. The van der Waals surface area contributed by atoms with E-state index in [1.807, 2.05) is 12.1 Å². The summed E-state index contributed by atoms with van der Waals surface area (Å²) in [5.74, 6) is 1.00. The minimum Gasteiger partial charge on any atom is -0.456 e. The molecule has 1 aliphatic rings. The Morgan fingerprint density at radius 2 is 0.962 bits per heavy atom. The van der Waals surface area contributed by atoms with Crippen LogP contribution in [0.5, 0.6) is 0 Å². The van der Waals surface area contributed by atoms with Crippen LogP contribution in [0.4, 0.5) is 0 Å². The summed E-state index contributed by atoms with van der Waals surface area (Å²) in [6, 6.07) is 57.1. The van der Waals surface area contributed by atoms with Gasteiger partial charge in [0.25, 0.3) is 0 Å². The molecular formula is C50H32O2. The van der Waals surface area contributed by atoms with Gasteiger partial charge in [0.2, 0.25) is 0 Å². The highest BCUT2D eigenvalue weighted by molar-refractivity contribution is 6.21. The summed E-state index contributed by atoms with van der Waals surface area (Å²) in [5.41, 5.74) is 13.7. The Kier molecular flexibility index (Phi) is 6.41. The summed E-state index contributed by atoms with van der Waals surface area (Å²) in [7, 11) is 0. The molecule has 0 radical (unpaired) electrons. The van der Waals surface area contributed by atoms with E-state index in [9.17, 15) is 0 Å². The average Bonchev–Trinajstić information content (AvgIpc) is 3.78. The van der Waals surface area contributed by atoms with Gasteiger partial charge in [0, 0.05) is 27.3 Å². The second kappa shape index (κ2) is 11.4. The molecule has 0 spiro atoms. The summed E-state index contributed by atoms with van der Waals surface area (Å²) >= 11 is 0. The van der Waals surface area contributed by atoms with Gasteiger partial charge in [-0.25, -0.2) is 0 Å². The van der Waals surface area contributed by atoms with Crippen LogP contribution in [0.3, 0.4) is 0 Å². The van der Waals surface area contributed by atoms with E-state index in [1.165, 1.54) is 65.9 Å². The van der Waals surface area contributed by atoms with Crippen LogP contribution in [-0.2, 0) is 6.42 Å². The molecule has 0 bridgehead atoms. The fourth-order valence-corrected chi connectivity index (χ4v) is 8.55. The Labute approximate surface area is 300 Å². The summed E-state index contributed by atoms with van der Waals surface area (Å²) in [6.45, 7) is 0. The number of aryl methyl sites for hydroxylation is 1. The van der Waals surface area contributed by atoms with Crippen molar-refractivity contribution in [3.8, 4) is 44.5 Å². The van der Waals surface area contributed by atoms with Crippen LogP contribution in [0.1, 0.15) is 17.7 Å². The molecule has 244 valence electrons. The molecule has 2 aromatic heterocycles. The van der Waals surface area contributed by atoms with E-state index in [1.54, 1.807) is 0 Å². The summed E-state index contributed by atoms with van der Waals surface area (Å²) in [4.78, 5) is 0. The fourth-order valence-electron chi connectivity index (χ4n) is 8.55. The van der Waals surface area contributed by atoms with Gasteiger partial charge in [0.15, 0.2) is 0 Å². The van der Waals surface area contributed by atoms with E-state index < -0.39 is 0 Å². The lowest BCUT2D eigenvalue weighted by Crippen LogP contribution is -1.91. The molecule has 0 amide bonds. The van der Waals surface area contributed by atoms with Crippen molar-refractivity contribution >= 4 is 60.5 Å². The maximum absolute atomic E-state index is 6.44. The summed E-state index contributed by atoms with van der Waals surface area (Å²) in [5, 5.41) is 8.49. The van der Waals surface area contributed by atoms with Gasteiger partial charge in [-0.3, -0.25) is 0 Å². The number of hydrogen-bond donors (Lipinski definition) is 0. The van der Waals surface area contributed by atoms with Crippen LogP contribution in [-0.4, -0.2) is 0 Å². The highest BCUT2D eigenvalue weighted by Gasteiger charge is 2.20. The standard InChI is InChI=1S/C50H32O2/c1-3-17-41-39(15-1)48(32-25-23-31(24-26-32)36-19-10-20-43-37-13-5-8-22-46(37)52-50(36)43)40-16-2-4-18-42(40)49(41)35-12-9-11-33(29-35)34-27-28-47-44(30-34)38-14-6-7-21-45(38)51-47/h1-4,6-12,14-30H,5,13H2. The number of hydrogen-bond acceptors (Lipinski definition) is 2. The molecule has 1 aliphatic carbocycles. The zero-order valence-electron chi connectivity index (χ0n) is 28.4. The largest absolute Gasteiger partial charge is 0.456 e. The smallest absolute Gasteiger partial charge is 0.142 e. The van der Waals surface area contributed by atoms with Crippen LogP contribution >= 0.6 is 0 Å². The molecule has 0 N–H and O–H groups in total. The van der Waals surface area contributed by atoms with E-state index in [4.69, 9.17) is 8.83 Å². The quantitative estimate of drug-likeness (QED) is 0.175. The van der Waals surface area contributed by atoms with Gasteiger partial charge in [0.05, 0.1) is 0 Å². The van der Waals surface area contributed by atoms with E-state index in [-0.39, 0.29) is 0 Å². The van der Waals surface area contributed by atoms with Crippen LogP contribution in [0.15, 0.2) is 173 Å². The Morgan fingerprint density at radius 3 is 1.73 bits per heavy atom. The first-order chi connectivity index (χ1) is 25.8. The van der Waals surface area contributed by atoms with Gasteiger partial charge in [-0.05, 0) is 104 Å². The molecule has 11 rings (SSSR count). The molecule has 0 saturated carbocycles. The van der Waals surface area contributed by atoms with Gasteiger partial charge in [0.1, 0.15) is 22.5 Å². The molecule has 0 aliphatic heterocycles. The Morgan fingerprint density at radius 1 is 0.385 bits per heavy atom. The molecule has 0 saturated heterocycles. The van der Waals surface area contributed by atoms with Crippen molar-refractivity contribution in [1.82, 2.24) is 0 Å². The van der Waals surface area contributed by atoms with Crippen molar-refractivity contribution in [1.29, 1.82) is 0 Å². The Bertz CT molecular complexity index is 3000. The Hall–Kier alpha value is -6.64. The number of furan rings is 2. The Balaban J connectivity index is 1.05. The third-order valence-corrected chi connectivity index (χ3v) is 11.0. The molecule has 2 nitrogen and oxygen atoms in total. The van der Waals surface area contributed by atoms with Gasteiger partial charge < -0.3 is 8.83 Å². The maximum Gasteiger partial charge on any atom is 0.142 e. The SMILES string of the molecule is C1=Cc2oc3c(-c4ccc(-c5c6ccccc6c(-c6cccc(-c7ccc8oc9ccccc9c8c7)c6)c6ccccc56)cc4)cccc3c2CC1. The van der Waals surface area contributed by atoms with Crippen molar-refractivity contribution in [3.63, 3.8) is 0 Å². The molecule has 0 fully saturated rings. The second-order valence-electron chi connectivity index (χ2n) is 13.9. The fraction of sp³-hybridized carbons (Fsp3) is 0.0400. The zero-order chi connectivity index (χ0) is 34.2. The predicted octanol–water partition coefficient (Wildman–Crippen LogP) is 14.3. The molecule has 52 heavy (non-hydrogen) atoms. The van der Waals surface area contributed by atoms with Gasteiger partial charge in [-0.15, -0.1) is 0 Å². The molecule has 2 heteroatoms. The lowest BCUT2D eigenvalue weighted by atomic mass is 9.85. The molecule has 0 unspecified atom stereocenters. The molecule has 2 heterocycles. The van der Waals surface area contributed by atoms with Gasteiger partial charge in [-0.1, -0.05) is 140 Å². The molecule has 10 aromatic rings. The van der Waals surface area contributed by atoms with Crippen LogP contribution in [0, 0.1) is 0 Å². The summed E-state index contributed by atoms with van der Waals surface area (Å²) in [6.07, 6.45) is 6.43. The van der Waals surface area contributed by atoms with Crippen molar-refractivity contribution < 1.29 is 8.83 Å². The van der Waals surface area contributed by atoms with Crippen LogP contribution in [0.2, 0.25) is 0 Å². The van der Waals surface area contributed by atoms with Crippen molar-refractivity contribution in [3.05, 3.63) is 175 Å². The maximum atomic E-state index is 6.44. The average molecular weight is 665 g/mol. The van der Waals surface area contributed by atoms with Gasteiger partial charge >= 0.3 is 0 Å². The topological polar surface area (TPSA) is 26.3 Å². The number of benzene rings is 8. The molecular weight excluding hydrogens is 633 g/mol. The van der Waals surface area contributed by atoms with Crippen LogP contribution < -0.4 is 0 Å². The zero-order valence-corrected chi connectivity index (χ0v) is 28.4. The van der Waals surface area contributed by atoms with Crippen LogP contribution in [0.25, 0.3) is 105 Å². The predicted molar refractivity (Wildman–Crippen MR) is 218 cm³/mol. The van der Waals surface area contributed by atoms with E-state index >= 15 is 0 Å². The highest BCUT2D eigenvalue weighted by atomic mass is 16.3. The van der Waals surface area contributed by atoms with E-state index in [0.29, 0.717) is 0 Å². The number of fused-ring (bicyclic) bond motifs is 8. The van der Waals surface area contributed by atoms with Crippen molar-refractivity contribution in [2.24, 2.45) is 0 Å². The normalized spacial score (nSPS) is 12.8. The van der Waals surface area contributed by atoms with Crippen molar-refractivity contribution in [2.75, 3.05) is 0 Å². The number of rotatable bonds is 4. The molecule has 0 atom stereocenters. The van der Waals surface area contributed by atoms with E-state index in [2.05, 4.69) is 158 Å². The summed E-state index contributed by atoms with van der Waals surface area (Å²) < 4.78 is 12.6. The minimum absolute atomic E-state index is 0.913. The van der Waals surface area contributed by atoms with E-state index in [0.717, 1.165) is 57.3 Å². The second-order valence-corrected chi connectivity index (χ2v) is 13.9. The molecule has 8 aromatic carbocycles. The first-order valence-corrected chi connectivity index (χ1v) is 18.1. The lowest BCUT2D eigenvalue weighted by molar-refractivity contribution is 0.596.